The molecule has 1 aliphatic heterocycles. The predicted molar refractivity (Wildman–Crippen MR) is 119 cm³/mol. The lowest BCUT2D eigenvalue weighted by molar-refractivity contribution is -0.170. The zero-order valence-corrected chi connectivity index (χ0v) is 17.5. The minimum absolute atomic E-state index is 0.0418. The van der Waals surface area contributed by atoms with Crippen molar-refractivity contribution in [1.29, 1.82) is 0 Å². The van der Waals surface area contributed by atoms with Crippen LogP contribution in [0.1, 0.15) is 41.9 Å². The molecule has 1 fully saturated rings. The fraction of sp³-hybridized carbons (Fsp3) is 0.304. The summed E-state index contributed by atoms with van der Waals surface area (Å²) < 4.78 is 5.99. The Morgan fingerprint density at radius 1 is 1.22 bits per heavy atom. The molecule has 9 nitrogen and oxygen atoms in total. The number of pyridine rings is 1. The highest BCUT2D eigenvalue weighted by atomic mass is 16.5. The monoisotopic (exact) mass is 435 g/mol. The average molecular weight is 435 g/mol. The van der Waals surface area contributed by atoms with Crippen molar-refractivity contribution < 1.29 is 19.7 Å². The number of hydrogen-bond acceptors (Lipinski definition) is 8. The molecule has 3 heterocycles. The summed E-state index contributed by atoms with van der Waals surface area (Å²) in [7, 11) is 0. The number of nitrogen functional groups attached to an aromatic ring is 1. The Balaban J connectivity index is 1.60. The Morgan fingerprint density at radius 2 is 2.00 bits per heavy atom. The summed E-state index contributed by atoms with van der Waals surface area (Å²) in [5.74, 6) is -0.130. The molecule has 1 amide bonds. The molecule has 0 spiro atoms. The molecule has 3 aromatic rings. The van der Waals surface area contributed by atoms with Gasteiger partial charge in [0.15, 0.2) is 11.5 Å². The second kappa shape index (κ2) is 9.39. The predicted octanol–water partition coefficient (Wildman–Crippen LogP) is 2.33. The number of nitrogens with one attached hydrogen (secondary N) is 1. The molecule has 0 bridgehead atoms. The largest absolute Gasteiger partial charge is 0.396 e. The van der Waals surface area contributed by atoms with E-state index in [1.807, 2.05) is 37.3 Å². The van der Waals surface area contributed by atoms with E-state index in [0.29, 0.717) is 23.5 Å². The number of ether oxygens (including phenoxy) is 1. The number of aromatic nitrogens is 3. The number of aliphatic hydroxyl groups excluding tert-OH is 2. The molecular formula is C23H25N5O4. The highest BCUT2D eigenvalue weighted by Gasteiger charge is 2.37. The smallest absolute Gasteiger partial charge is 0.276 e. The molecule has 5 N–H and O–H groups in total. The molecule has 1 saturated heterocycles. The van der Waals surface area contributed by atoms with Gasteiger partial charge in [-0.1, -0.05) is 37.3 Å². The van der Waals surface area contributed by atoms with Crippen LogP contribution in [0.3, 0.4) is 0 Å². The molecule has 0 saturated carbocycles. The van der Waals surface area contributed by atoms with E-state index in [-0.39, 0.29) is 17.8 Å². The van der Waals surface area contributed by atoms with Gasteiger partial charge in [0.2, 0.25) is 0 Å². The standard InChI is InChI=1S/C23H25N5O4/c1-2-18-21(30)17(29)10-19(32-18)14-8-9-25-12-16(14)27-23(31)20-15(24)11-26-22(28-20)13-6-4-3-5-7-13/h3-9,11-12,17-19,21,29-30H,2,10,24H2,1H3,(H,27,31). The molecule has 0 radical (unpaired) electrons. The molecule has 9 heteroatoms. The van der Waals surface area contributed by atoms with Gasteiger partial charge >= 0.3 is 0 Å². The third kappa shape index (κ3) is 4.45. The summed E-state index contributed by atoms with van der Waals surface area (Å²) in [5, 5.41) is 23.2. The van der Waals surface area contributed by atoms with Gasteiger partial charge in [-0.3, -0.25) is 9.78 Å². The van der Waals surface area contributed by atoms with Gasteiger partial charge in [-0.2, -0.15) is 0 Å². The number of aliphatic hydroxyl groups is 2. The fourth-order valence-electron chi connectivity index (χ4n) is 3.76. The molecule has 4 rings (SSSR count). The van der Waals surface area contributed by atoms with Crippen LogP contribution in [0.2, 0.25) is 0 Å². The van der Waals surface area contributed by atoms with Crippen LogP contribution >= 0.6 is 0 Å². The quantitative estimate of drug-likeness (QED) is 0.478. The number of anilines is 2. The summed E-state index contributed by atoms with van der Waals surface area (Å²) in [6, 6.07) is 11.0. The molecule has 2 aromatic heterocycles. The van der Waals surface area contributed by atoms with Gasteiger partial charge in [-0.25, -0.2) is 9.97 Å². The molecule has 4 unspecified atom stereocenters. The average Bonchev–Trinajstić information content (AvgIpc) is 2.82. The van der Waals surface area contributed by atoms with E-state index < -0.39 is 30.3 Å². The van der Waals surface area contributed by atoms with Crippen LogP contribution in [-0.2, 0) is 4.74 Å². The van der Waals surface area contributed by atoms with Gasteiger partial charge < -0.3 is 26.0 Å². The minimum Gasteiger partial charge on any atom is -0.396 e. The van der Waals surface area contributed by atoms with Crippen LogP contribution in [0.5, 0.6) is 0 Å². The van der Waals surface area contributed by atoms with Crippen molar-refractivity contribution in [3.8, 4) is 11.4 Å². The fourth-order valence-corrected chi connectivity index (χ4v) is 3.76. The lowest BCUT2D eigenvalue weighted by Gasteiger charge is -2.37. The van der Waals surface area contributed by atoms with Crippen molar-refractivity contribution in [3.63, 3.8) is 0 Å². The number of rotatable bonds is 5. The van der Waals surface area contributed by atoms with Crippen molar-refractivity contribution in [3.05, 3.63) is 66.2 Å². The van der Waals surface area contributed by atoms with E-state index in [9.17, 15) is 15.0 Å². The van der Waals surface area contributed by atoms with E-state index >= 15 is 0 Å². The van der Waals surface area contributed by atoms with Crippen molar-refractivity contribution in [2.75, 3.05) is 11.1 Å². The van der Waals surface area contributed by atoms with E-state index in [0.717, 1.165) is 5.56 Å². The van der Waals surface area contributed by atoms with Gasteiger partial charge in [-0.15, -0.1) is 0 Å². The summed E-state index contributed by atoms with van der Waals surface area (Å²) in [4.78, 5) is 25.7. The SMILES string of the molecule is CCC1OC(c2ccncc2NC(=O)c2nc(-c3ccccc3)ncc2N)CC(O)C1O. The number of carbonyl (C=O) groups excluding carboxylic acids is 1. The van der Waals surface area contributed by atoms with Gasteiger partial charge in [-0.05, 0) is 12.5 Å². The maximum Gasteiger partial charge on any atom is 0.276 e. The highest BCUT2D eigenvalue weighted by Crippen LogP contribution is 2.36. The molecular weight excluding hydrogens is 410 g/mol. The number of nitrogens with two attached hydrogens (primary N) is 1. The van der Waals surface area contributed by atoms with Gasteiger partial charge in [0.25, 0.3) is 5.91 Å². The Labute approximate surface area is 185 Å². The minimum atomic E-state index is -0.951. The van der Waals surface area contributed by atoms with Crippen molar-refractivity contribution in [2.24, 2.45) is 0 Å². The molecule has 32 heavy (non-hydrogen) atoms. The Morgan fingerprint density at radius 3 is 2.75 bits per heavy atom. The first kappa shape index (κ1) is 21.8. The van der Waals surface area contributed by atoms with Gasteiger partial charge in [0.05, 0.1) is 42.1 Å². The zero-order chi connectivity index (χ0) is 22.7. The number of carbonyl (C=O) groups is 1. The summed E-state index contributed by atoms with van der Waals surface area (Å²) in [5.41, 5.74) is 8.00. The second-order valence-electron chi connectivity index (χ2n) is 7.65. The Bertz CT molecular complexity index is 1090. The van der Waals surface area contributed by atoms with Crippen molar-refractivity contribution in [2.45, 2.75) is 44.2 Å². The maximum absolute atomic E-state index is 13.1. The first-order chi connectivity index (χ1) is 15.5. The molecule has 1 aromatic carbocycles. The molecule has 166 valence electrons. The molecule has 1 aliphatic rings. The lowest BCUT2D eigenvalue weighted by Crippen LogP contribution is -2.45. The van der Waals surface area contributed by atoms with Crippen LogP contribution in [0.15, 0.2) is 55.0 Å². The third-order valence-electron chi connectivity index (χ3n) is 5.49. The first-order valence-electron chi connectivity index (χ1n) is 10.4. The second-order valence-corrected chi connectivity index (χ2v) is 7.65. The van der Waals surface area contributed by atoms with Gasteiger partial charge in [0.1, 0.15) is 6.10 Å². The third-order valence-corrected chi connectivity index (χ3v) is 5.49. The number of nitrogens with zero attached hydrogens (tertiary/aromatic N) is 3. The van der Waals surface area contributed by atoms with Crippen LogP contribution in [-0.4, -0.2) is 49.4 Å². The lowest BCUT2D eigenvalue weighted by atomic mass is 9.92. The van der Waals surface area contributed by atoms with Crippen LogP contribution in [0, 0.1) is 0 Å². The summed E-state index contributed by atoms with van der Waals surface area (Å²) in [6.45, 7) is 1.88. The van der Waals surface area contributed by atoms with Crippen LogP contribution < -0.4 is 11.1 Å². The Kier molecular flexibility index (Phi) is 6.40. The zero-order valence-electron chi connectivity index (χ0n) is 17.5. The van der Waals surface area contributed by atoms with E-state index in [1.165, 1.54) is 12.4 Å². The number of benzene rings is 1. The maximum atomic E-state index is 13.1. The first-order valence-corrected chi connectivity index (χ1v) is 10.4. The summed E-state index contributed by atoms with van der Waals surface area (Å²) >= 11 is 0. The van der Waals surface area contributed by atoms with Crippen LogP contribution in [0.25, 0.3) is 11.4 Å². The molecule has 0 aliphatic carbocycles. The van der Waals surface area contributed by atoms with Gasteiger partial charge in [0, 0.05) is 23.7 Å². The summed E-state index contributed by atoms with van der Waals surface area (Å²) in [6.07, 6.45) is 2.33. The number of hydrogen-bond donors (Lipinski definition) is 4. The topological polar surface area (TPSA) is 143 Å². The van der Waals surface area contributed by atoms with E-state index in [2.05, 4.69) is 20.3 Å². The van der Waals surface area contributed by atoms with Crippen molar-refractivity contribution in [1.82, 2.24) is 15.0 Å². The number of amides is 1. The van der Waals surface area contributed by atoms with Crippen LogP contribution in [0.4, 0.5) is 11.4 Å². The normalized spacial score (nSPS) is 23.0. The highest BCUT2D eigenvalue weighted by molar-refractivity contribution is 6.06. The van der Waals surface area contributed by atoms with Crippen molar-refractivity contribution >= 4 is 17.3 Å². The molecule has 4 atom stereocenters. The Hall–Kier alpha value is -3.40. The van der Waals surface area contributed by atoms with E-state index in [1.54, 1.807) is 12.3 Å². The van der Waals surface area contributed by atoms with E-state index in [4.69, 9.17) is 10.5 Å².